The van der Waals surface area contributed by atoms with Crippen molar-refractivity contribution in [3.05, 3.63) is 79.7 Å². The minimum Gasteiger partial charge on any atom is -0.460 e. The molecule has 4 rings (SSSR count). The van der Waals surface area contributed by atoms with Gasteiger partial charge in [0.25, 0.3) is 11.2 Å². The number of hydrogen-bond donors (Lipinski definition) is 1. The third-order valence-electron chi connectivity index (χ3n) is 5.07. The number of nitro benzene ring substituents is 1. The molecule has 2 aromatic heterocycles. The molecular formula is C21H22N4O4. The molecule has 0 saturated carbocycles. The first-order chi connectivity index (χ1) is 14.0. The maximum absolute atomic E-state index is 12.4. The van der Waals surface area contributed by atoms with E-state index in [4.69, 9.17) is 4.42 Å². The van der Waals surface area contributed by atoms with Crippen LogP contribution in [-0.2, 0) is 25.9 Å². The van der Waals surface area contributed by atoms with Gasteiger partial charge in [-0.05, 0) is 18.6 Å². The predicted molar refractivity (Wildman–Crippen MR) is 107 cm³/mol. The summed E-state index contributed by atoms with van der Waals surface area (Å²) >= 11 is 0. The van der Waals surface area contributed by atoms with Gasteiger partial charge in [-0.25, -0.2) is 4.98 Å². The highest BCUT2D eigenvalue weighted by molar-refractivity contribution is 5.61. The molecule has 8 heteroatoms. The summed E-state index contributed by atoms with van der Waals surface area (Å²) in [6.07, 6.45) is 2.45. The first kappa shape index (κ1) is 19.1. The molecule has 0 fully saturated rings. The molecule has 0 bridgehead atoms. The van der Waals surface area contributed by atoms with Crippen molar-refractivity contribution in [1.82, 2.24) is 14.9 Å². The summed E-state index contributed by atoms with van der Waals surface area (Å²) < 4.78 is 5.91. The van der Waals surface area contributed by atoms with Gasteiger partial charge in [-0.3, -0.25) is 19.8 Å². The van der Waals surface area contributed by atoms with Crippen molar-refractivity contribution in [2.45, 2.75) is 39.3 Å². The first-order valence-corrected chi connectivity index (χ1v) is 9.70. The molecule has 1 aliphatic heterocycles. The molecule has 3 aromatic rings. The van der Waals surface area contributed by atoms with Crippen LogP contribution in [-0.4, -0.2) is 26.3 Å². The lowest BCUT2D eigenvalue weighted by Gasteiger charge is -2.26. The molecule has 0 atom stereocenters. The molecule has 1 aliphatic rings. The van der Waals surface area contributed by atoms with Gasteiger partial charge in [-0.2, -0.15) is 0 Å². The molecule has 8 nitrogen and oxygen atoms in total. The van der Waals surface area contributed by atoms with E-state index in [0.29, 0.717) is 24.4 Å². The second-order valence-corrected chi connectivity index (χ2v) is 7.22. The Bertz CT molecular complexity index is 1100. The van der Waals surface area contributed by atoms with E-state index in [1.165, 1.54) is 12.1 Å². The Balaban J connectivity index is 1.48. The van der Waals surface area contributed by atoms with Crippen LogP contribution in [0.2, 0.25) is 0 Å². The number of fused-ring (bicyclic) bond motifs is 1. The Morgan fingerprint density at radius 3 is 2.97 bits per heavy atom. The van der Waals surface area contributed by atoms with E-state index in [0.717, 1.165) is 48.6 Å². The second kappa shape index (κ2) is 8.00. The number of furan rings is 1. The van der Waals surface area contributed by atoms with Crippen LogP contribution in [0.25, 0.3) is 11.3 Å². The molecular weight excluding hydrogens is 372 g/mol. The fourth-order valence-corrected chi connectivity index (χ4v) is 3.63. The van der Waals surface area contributed by atoms with Crippen LogP contribution in [0.4, 0.5) is 5.69 Å². The average molecular weight is 394 g/mol. The number of nitrogens with zero attached hydrogens (tertiary/aromatic N) is 3. The van der Waals surface area contributed by atoms with Gasteiger partial charge in [0.05, 0.1) is 22.7 Å². The zero-order chi connectivity index (χ0) is 20.4. The number of nitro groups is 1. The van der Waals surface area contributed by atoms with Gasteiger partial charge in [-0.1, -0.05) is 19.1 Å². The van der Waals surface area contributed by atoms with Crippen molar-refractivity contribution in [1.29, 1.82) is 0 Å². The van der Waals surface area contributed by atoms with Gasteiger partial charge >= 0.3 is 0 Å². The quantitative estimate of drug-likeness (QED) is 0.507. The summed E-state index contributed by atoms with van der Waals surface area (Å²) in [5, 5.41) is 11.0. The molecule has 0 unspecified atom stereocenters. The number of rotatable bonds is 6. The predicted octanol–water partition coefficient (Wildman–Crippen LogP) is 3.45. The summed E-state index contributed by atoms with van der Waals surface area (Å²) in [4.78, 5) is 32.6. The number of benzene rings is 1. The van der Waals surface area contributed by atoms with Crippen LogP contribution in [0.15, 0.2) is 45.6 Å². The molecule has 3 heterocycles. The Hall–Kier alpha value is -3.26. The maximum atomic E-state index is 12.4. The van der Waals surface area contributed by atoms with Gasteiger partial charge in [0.15, 0.2) is 0 Å². The third kappa shape index (κ3) is 4.12. The van der Waals surface area contributed by atoms with Gasteiger partial charge in [0, 0.05) is 43.6 Å². The van der Waals surface area contributed by atoms with E-state index >= 15 is 0 Å². The topological polar surface area (TPSA) is 105 Å². The molecule has 1 aromatic carbocycles. The number of hydrogen-bond acceptors (Lipinski definition) is 6. The van der Waals surface area contributed by atoms with E-state index in [1.807, 2.05) is 12.1 Å². The van der Waals surface area contributed by atoms with Crippen molar-refractivity contribution in [3.63, 3.8) is 0 Å². The zero-order valence-electron chi connectivity index (χ0n) is 16.2. The van der Waals surface area contributed by atoms with Crippen LogP contribution in [0, 0.1) is 10.1 Å². The molecule has 0 saturated heterocycles. The Labute approximate surface area is 167 Å². The second-order valence-electron chi connectivity index (χ2n) is 7.22. The van der Waals surface area contributed by atoms with Gasteiger partial charge in [0.1, 0.15) is 17.3 Å². The largest absolute Gasteiger partial charge is 0.460 e. The molecule has 0 aliphatic carbocycles. The lowest BCUT2D eigenvalue weighted by molar-refractivity contribution is -0.384. The Morgan fingerprint density at radius 2 is 2.17 bits per heavy atom. The lowest BCUT2D eigenvalue weighted by Crippen LogP contribution is -2.35. The summed E-state index contributed by atoms with van der Waals surface area (Å²) in [6.45, 7) is 3.94. The SMILES string of the molecule is CCCc1nc2c(c(=O)[nH]1)CN(Cc1ccc(-c3cccc([N+](=O)[O-])c3)o1)CC2. The van der Waals surface area contributed by atoms with E-state index in [9.17, 15) is 14.9 Å². The fourth-order valence-electron chi connectivity index (χ4n) is 3.63. The summed E-state index contributed by atoms with van der Waals surface area (Å²) in [5.74, 6) is 2.10. The zero-order valence-corrected chi connectivity index (χ0v) is 16.2. The van der Waals surface area contributed by atoms with Crippen molar-refractivity contribution < 1.29 is 9.34 Å². The number of non-ortho nitro benzene ring substituents is 1. The number of aromatic amines is 1. The summed E-state index contributed by atoms with van der Waals surface area (Å²) in [7, 11) is 0. The van der Waals surface area contributed by atoms with Crippen LogP contribution in [0.5, 0.6) is 0 Å². The Morgan fingerprint density at radius 1 is 1.31 bits per heavy atom. The summed E-state index contributed by atoms with van der Waals surface area (Å²) in [6, 6.07) is 10.1. The molecule has 0 spiro atoms. The van der Waals surface area contributed by atoms with Crippen molar-refractivity contribution in [2.75, 3.05) is 6.54 Å². The number of aromatic nitrogens is 2. The number of H-pyrrole nitrogens is 1. The standard InChI is InChI=1S/C21H22N4O4/c1-2-4-20-22-18-9-10-24(13-17(18)21(26)23-20)12-16-7-8-19(29-16)14-5-3-6-15(11-14)25(27)28/h3,5-8,11H,2,4,9-10,12-13H2,1H3,(H,22,23,26). The molecule has 0 radical (unpaired) electrons. The van der Waals surface area contributed by atoms with Crippen molar-refractivity contribution >= 4 is 5.69 Å². The minimum absolute atomic E-state index is 0.0299. The van der Waals surface area contributed by atoms with E-state index in [1.54, 1.807) is 12.1 Å². The number of nitrogens with one attached hydrogen (secondary N) is 1. The maximum Gasteiger partial charge on any atom is 0.270 e. The first-order valence-electron chi connectivity index (χ1n) is 9.70. The van der Waals surface area contributed by atoms with Gasteiger partial charge in [-0.15, -0.1) is 0 Å². The van der Waals surface area contributed by atoms with Crippen LogP contribution in [0.1, 0.15) is 36.2 Å². The van der Waals surface area contributed by atoms with Crippen LogP contribution in [0.3, 0.4) is 0 Å². The van der Waals surface area contributed by atoms with E-state index in [-0.39, 0.29) is 11.2 Å². The van der Waals surface area contributed by atoms with Crippen molar-refractivity contribution in [3.8, 4) is 11.3 Å². The fraction of sp³-hybridized carbons (Fsp3) is 0.333. The van der Waals surface area contributed by atoms with E-state index in [2.05, 4.69) is 21.8 Å². The smallest absolute Gasteiger partial charge is 0.270 e. The third-order valence-corrected chi connectivity index (χ3v) is 5.07. The van der Waals surface area contributed by atoms with Gasteiger partial charge in [0.2, 0.25) is 0 Å². The lowest BCUT2D eigenvalue weighted by atomic mass is 10.1. The van der Waals surface area contributed by atoms with Crippen LogP contribution >= 0.6 is 0 Å². The van der Waals surface area contributed by atoms with Crippen molar-refractivity contribution in [2.24, 2.45) is 0 Å². The highest BCUT2D eigenvalue weighted by Crippen LogP contribution is 2.27. The molecule has 0 amide bonds. The van der Waals surface area contributed by atoms with Gasteiger partial charge < -0.3 is 9.40 Å². The average Bonchev–Trinajstić information content (AvgIpc) is 3.17. The minimum atomic E-state index is -0.421. The highest BCUT2D eigenvalue weighted by atomic mass is 16.6. The summed E-state index contributed by atoms with van der Waals surface area (Å²) in [5.41, 5.74) is 2.26. The molecule has 150 valence electrons. The normalized spacial score (nSPS) is 14.0. The molecule has 1 N–H and O–H groups in total. The number of aryl methyl sites for hydroxylation is 1. The van der Waals surface area contributed by atoms with E-state index < -0.39 is 4.92 Å². The Kier molecular flexibility index (Phi) is 5.26. The van der Waals surface area contributed by atoms with Crippen LogP contribution < -0.4 is 5.56 Å². The molecule has 29 heavy (non-hydrogen) atoms. The monoisotopic (exact) mass is 394 g/mol. The highest BCUT2D eigenvalue weighted by Gasteiger charge is 2.22.